The first-order chi connectivity index (χ1) is 19.0. The molecule has 0 aliphatic carbocycles. The molecule has 2 saturated heterocycles. The largest absolute Gasteiger partial charge is 0.478 e. The summed E-state index contributed by atoms with van der Waals surface area (Å²) in [7, 11) is 1.50. The number of nitrogens with zero attached hydrogens (tertiary/aromatic N) is 4. The van der Waals surface area contributed by atoms with Crippen LogP contribution in [0.25, 0.3) is 0 Å². The van der Waals surface area contributed by atoms with Gasteiger partial charge < -0.3 is 20.2 Å². The number of amides is 5. The van der Waals surface area contributed by atoms with Crippen LogP contribution >= 0.6 is 23.2 Å². The lowest BCUT2D eigenvalue weighted by Crippen LogP contribution is -2.54. The molecular formula is C28H21Cl2N5O5. The van der Waals surface area contributed by atoms with Crippen LogP contribution in [0, 0.1) is 11.3 Å². The summed E-state index contributed by atoms with van der Waals surface area (Å²) in [6.07, 6.45) is 0. The van der Waals surface area contributed by atoms with E-state index in [9.17, 15) is 29.5 Å². The van der Waals surface area contributed by atoms with Gasteiger partial charge in [0.15, 0.2) is 0 Å². The molecule has 5 rings (SSSR count). The van der Waals surface area contributed by atoms with Crippen molar-refractivity contribution >= 4 is 58.5 Å². The molecule has 2 unspecified atom stereocenters. The van der Waals surface area contributed by atoms with Gasteiger partial charge in [-0.3, -0.25) is 4.79 Å². The number of carbonyl (C=O) groups is 4. The van der Waals surface area contributed by atoms with Crippen molar-refractivity contribution in [1.82, 2.24) is 9.80 Å². The first kappa shape index (κ1) is 27.0. The number of carboxylic acids is 1. The number of anilines is 2. The van der Waals surface area contributed by atoms with E-state index in [1.165, 1.54) is 53.2 Å². The van der Waals surface area contributed by atoms with Crippen molar-refractivity contribution in [3.05, 3.63) is 93.5 Å². The molecule has 2 N–H and O–H groups in total. The highest BCUT2D eigenvalue weighted by atomic mass is 35.5. The molecule has 0 bridgehead atoms. The second kappa shape index (κ2) is 10.2. The summed E-state index contributed by atoms with van der Waals surface area (Å²) in [6, 6.07) is 17.7. The predicted molar refractivity (Wildman–Crippen MR) is 148 cm³/mol. The number of benzene rings is 3. The van der Waals surface area contributed by atoms with E-state index in [-0.39, 0.29) is 40.1 Å². The molecule has 1 spiro atoms. The number of hydrogen-bond donors (Lipinski definition) is 2. The third-order valence-electron chi connectivity index (χ3n) is 7.26. The van der Waals surface area contributed by atoms with Crippen LogP contribution in [0.3, 0.4) is 0 Å². The second-order valence-electron chi connectivity index (χ2n) is 9.52. The minimum atomic E-state index is -1.49. The summed E-state index contributed by atoms with van der Waals surface area (Å²) in [5.41, 5.74) is 0.0437. The van der Waals surface area contributed by atoms with Crippen molar-refractivity contribution in [1.29, 1.82) is 5.26 Å². The molecular weight excluding hydrogens is 557 g/mol. The maximum Gasteiger partial charge on any atom is 0.335 e. The molecule has 202 valence electrons. The molecule has 2 aliphatic rings. The number of halogens is 2. The van der Waals surface area contributed by atoms with E-state index in [1.54, 1.807) is 30.3 Å². The van der Waals surface area contributed by atoms with Crippen molar-refractivity contribution in [3.63, 3.8) is 0 Å². The molecule has 2 heterocycles. The number of aromatic carboxylic acids is 1. The van der Waals surface area contributed by atoms with Gasteiger partial charge in [0.1, 0.15) is 5.54 Å². The Bertz CT molecular complexity index is 1590. The Balaban J connectivity index is 1.55. The van der Waals surface area contributed by atoms with Gasteiger partial charge in [-0.05, 0) is 54.1 Å². The topological polar surface area (TPSA) is 134 Å². The molecule has 0 saturated carbocycles. The molecule has 2 atom stereocenters. The third-order valence-corrected chi connectivity index (χ3v) is 7.69. The van der Waals surface area contributed by atoms with Gasteiger partial charge in [0.2, 0.25) is 0 Å². The van der Waals surface area contributed by atoms with E-state index in [0.29, 0.717) is 11.1 Å². The van der Waals surface area contributed by atoms with Crippen LogP contribution in [0.1, 0.15) is 27.4 Å². The van der Waals surface area contributed by atoms with Crippen LogP contribution in [0.4, 0.5) is 21.0 Å². The van der Waals surface area contributed by atoms with Crippen LogP contribution < -0.4 is 10.2 Å². The highest BCUT2D eigenvalue weighted by Gasteiger charge is 2.65. The molecule has 3 aromatic rings. The zero-order chi connectivity index (χ0) is 28.8. The molecule has 12 heteroatoms. The molecule has 10 nitrogen and oxygen atoms in total. The minimum absolute atomic E-state index is 0.00160. The lowest BCUT2D eigenvalue weighted by atomic mass is 9.80. The van der Waals surface area contributed by atoms with Gasteiger partial charge in [-0.25, -0.2) is 19.3 Å². The lowest BCUT2D eigenvalue weighted by Gasteiger charge is -2.33. The number of nitrogens with one attached hydrogen (secondary N) is 1. The molecule has 3 aromatic carbocycles. The average molecular weight is 578 g/mol. The van der Waals surface area contributed by atoms with E-state index in [2.05, 4.69) is 11.4 Å². The van der Waals surface area contributed by atoms with Crippen molar-refractivity contribution in [2.45, 2.75) is 11.5 Å². The summed E-state index contributed by atoms with van der Waals surface area (Å²) >= 11 is 12.3. The number of rotatable bonds is 4. The number of likely N-dealkylation sites (N-methyl/N-ethyl adjacent to an activating group) is 1. The van der Waals surface area contributed by atoms with Gasteiger partial charge in [0, 0.05) is 35.2 Å². The summed E-state index contributed by atoms with van der Waals surface area (Å²) in [5.74, 6) is -2.36. The maximum absolute atomic E-state index is 14.2. The number of carbonyl (C=O) groups excluding carboxylic acids is 3. The molecule has 40 heavy (non-hydrogen) atoms. The molecule has 5 amide bonds. The van der Waals surface area contributed by atoms with Gasteiger partial charge in [-0.2, -0.15) is 5.26 Å². The van der Waals surface area contributed by atoms with Gasteiger partial charge >= 0.3 is 18.0 Å². The Kier molecular flexibility index (Phi) is 6.87. The molecule has 0 radical (unpaired) electrons. The fourth-order valence-corrected chi connectivity index (χ4v) is 5.81. The van der Waals surface area contributed by atoms with Crippen molar-refractivity contribution in [3.8, 4) is 6.07 Å². The Labute approximate surface area is 238 Å². The third kappa shape index (κ3) is 4.49. The highest BCUT2D eigenvalue weighted by molar-refractivity contribution is 6.36. The zero-order valence-electron chi connectivity index (χ0n) is 21.0. The summed E-state index contributed by atoms with van der Waals surface area (Å²) in [5, 5.41) is 21.7. The van der Waals surface area contributed by atoms with E-state index < -0.39 is 35.4 Å². The van der Waals surface area contributed by atoms with Crippen LogP contribution in [-0.2, 0) is 4.79 Å². The normalized spacial score (nSPS) is 20.2. The van der Waals surface area contributed by atoms with Crippen molar-refractivity contribution in [2.24, 2.45) is 0 Å². The van der Waals surface area contributed by atoms with E-state index in [1.807, 2.05) is 0 Å². The summed E-state index contributed by atoms with van der Waals surface area (Å²) < 4.78 is 0. The Morgan fingerprint density at radius 3 is 2.35 bits per heavy atom. The van der Waals surface area contributed by atoms with Crippen molar-refractivity contribution in [2.75, 3.05) is 30.4 Å². The van der Waals surface area contributed by atoms with Gasteiger partial charge in [-0.15, -0.1) is 0 Å². The molecule has 2 fully saturated rings. The number of hydrogen-bond acceptors (Lipinski definition) is 5. The number of urea groups is 2. The van der Waals surface area contributed by atoms with Gasteiger partial charge in [0.05, 0.1) is 29.4 Å². The smallest absolute Gasteiger partial charge is 0.335 e. The SMILES string of the molecule is CN1C(=O)N(c2cc(Cl)cc(Cl)c2)C(=O)C12CN(C(=O)Nc1cccc(C(=O)O)c1)CC2c1ccc(C#N)cc1. The molecule has 2 aliphatic heterocycles. The lowest BCUT2D eigenvalue weighted by molar-refractivity contribution is -0.124. The minimum Gasteiger partial charge on any atom is -0.478 e. The number of nitriles is 1. The van der Waals surface area contributed by atoms with E-state index in [4.69, 9.17) is 23.2 Å². The van der Waals surface area contributed by atoms with Crippen LogP contribution in [-0.4, -0.2) is 64.5 Å². The monoisotopic (exact) mass is 577 g/mol. The Morgan fingerprint density at radius 2 is 1.73 bits per heavy atom. The van der Waals surface area contributed by atoms with Gasteiger partial charge in [-0.1, -0.05) is 41.4 Å². The van der Waals surface area contributed by atoms with Gasteiger partial charge in [0.25, 0.3) is 5.91 Å². The maximum atomic E-state index is 14.2. The highest BCUT2D eigenvalue weighted by Crippen LogP contribution is 2.46. The Morgan fingerprint density at radius 1 is 1.05 bits per heavy atom. The zero-order valence-corrected chi connectivity index (χ0v) is 22.5. The van der Waals surface area contributed by atoms with E-state index >= 15 is 0 Å². The summed E-state index contributed by atoms with van der Waals surface area (Å²) in [6.45, 7) is -0.0855. The fraction of sp³-hybridized carbons (Fsp3) is 0.179. The second-order valence-corrected chi connectivity index (χ2v) is 10.4. The van der Waals surface area contributed by atoms with Crippen LogP contribution in [0.5, 0.6) is 0 Å². The van der Waals surface area contributed by atoms with Crippen LogP contribution in [0.2, 0.25) is 10.0 Å². The number of imide groups is 1. The first-order valence-corrected chi connectivity index (χ1v) is 12.8. The quantitative estimate of drug-likeness (QED) is 0.417. The Hall–Kier alpha value is -4.59. The fourth-order valence-electron chi connectivity index (χ4n) is 5.29. The first-order valence-electron chi connectivity index (χ1n) is 12.0. The van der Waals surface area contributed by atoms with E-state index in [0.717, 1.165) is 4.90 Å². The number of carboxylic acid groups (broad SMARTS) is 1. The standard InChI is InChI=1S/C28H21Cl2N5O5/c1-33-27(40)35(22-11-19(29)10-20(30)12-22)25(38)28(33)15-34(14-23(28)17-7-5-16(13-31)6-8-17)26(39)32-21-4-2-3-18(9-21)24(36)37/h2-12,23H,14-15H2,1H3,(H,32,39)(H,36,37). The molecule has 0 aromatic heterocycles. The average Bonchev–Trinajstić information content (AvgIpc) is 3.41. The predicted octanol–water partition coefficient (Wildman–Crippen LogP) is 5.03. The summed E-state index contributed by atoms with van der Waals surface area (Å²) in [4.78, 5) is 56.3. The van der Waals surface area contributed by atoms with Crippen molar-refractivity contribution < 1.29 is 24.3 Å². The van der Waals surface area contributed by atoms with Crippen LogP contribution in [0.15, 0.2) is 66.7 Å². The number of likely N-dealkylation sites (tertiary alicyclic amines) is 1.